The van der Waals surface area contributed by atoms with Crippen molar-refractivity contribution in [3.63, 3.8) is 0 Å². The topological polar surface area (TPSA) is 107 Å². The van der Waals surface area contributed by atoms with Crippen LogP contribution >= 0.6 is 0 Å². The number of carboxylic acids is 1. The molecule has 0 saturated heterocycles. The Morgan fingerprint density at radius 1 is 0.900 bits per heavy atom. The Balaban J connectivity index is 1.59. The highest BCUT2D eigenvalue weighted by Gasteiger charge is 2.13. The number of hydrogen-bond donors (Lipinski definition) is 4. The van der Waals surface area contributed by atoms with Gasteiger partial charge < -0.3 is 25.2 Å². The van der Waals surface area contributed by atoms with Crippen molar-refractivity contribution in [2.24, 2.45) is 0 Å². The fourth-order valence-corrected chi connectivity index (χ4v) is 3.40. The van der Waals surface area contributed by atoms with Gasteiger partial charge in [-0.2, -0.15) is 0 Å². The van der Waals surface area contributed by atoms with Crippen molar-refractivity contribution in [2.75, 3.05) is 6.61 Å². The zero-order chi connectivity index (χ0) is 22.1. The normalized spacial score (nSPS) is 11.0. The van der Waals surface area contributed by atoms with Crippen molar-refractivity contribution in [3.05, 3.63) is 47.0 Å². The number of aryl methyl sites for hydroxylation is 1. The number of rotatable bonds is 12. The Kier molecular flexibility index (Phi) is 8.84. The van der Waals surface area contributed by atoms with Gasteiger partial charge in [0.2, 0.25) is 0 Å². The molecule has 0 aliphatic carbocycles. The van der Waals surface area contributed by atoms with Gasteiger partial charge in [0.1, 0.15) is 17.1 Å². The number of aromatic hydroxyl groups is 3. The molecule has 0 heterocycles. The lowest BCUT2D eigenvalue weighted by Crippen LogP contribution is -2.00. The summed E-state index contributed by atoms with van der Waals surface area (Å²) in [6, 6.07) is 8.00. The highest BCUT2D eigenvalue weighted by atomic mass is 16.5. The van der Waals surface area contributed by atoms with Gasteiger partial charge in [0, 0.05) is 11.6 Å². The quantitative estimate of drug-likeness (QED) is 0.265. The van der Waals surface area contributed by atoms with Crippen molar-refractivity contribution in [2.45, 2.75) is 64.7 Å². The van der Waals surface area contributed by atoms with E-state index in [1.807, 2.05) is 26.0 Å². The summed E-state index contributed by atoms with van der Waals surface area (Å²) in [6.45, 7) is 4.48. The number of unbranched alkanes of at least 4 members (excludes halogenated alkanes) is 5. The SMILES string of the molecule is CC(C)c1ccc(CCCCCCCCOc2ccc(C(=O)O)c(O)c2)c(O)c1O. The molecule has 0 saturated carbocycles. The molecule has 0 radical (unpaired) electrons. The van der Waals surface area contributed by atoms with Gasteiger partial charge in [-0.15, -0.1) is 0 Å². The standard InChI is InChI=1S/C24H32O6/c1-16(2)19-12-10-17(22(26)23(19)27)9-7-5-3-4-6-8-14-30-18-11-13-20(24(28)29)21(25)15-18/h10-13,15-16,25-27H,3-9,14H2,1-2H3,(H,28,29). The Hall–Kier alpha value is -2.89. The van der Waals surface area contributed by atoms with E-state index in [1.54, 1.807) is 6.07 Å². The molecular weight excluding hydrogens is 384 g/mol. The lowest BCUT2D eigenvalue weighted by atomic mass is 9.97. The summed E-state index contributed by atoms with van der Waals surface area (Å²) in [5.74, 6) is -0.807. The number of carbonyl (C=O) groups is 1. The van der Waals surface area contributed by atoms with Gasteiger partial charge in [0.05, 0.1) is 6.61 Å². The van der Waals surface area contributed by atoms with Crippen LogP contribution in [0, 0.1) is 0 Å². The highest BCUT2D eigenvalue weighted by Crippen LogP contribution is 2.37. The molecule has 4 N–H and O–H groups in total. The largest absolute Gasteiger partial charge is 0.507 e. The third kappa shape index (κ3) is 6.58. The molecule has 2 aromatic rings. The number of phenols is 3. The van der Waals surface area contributed by atoms with Gasteiger partial charge >= 0.3 is 5.97 Å². The summed E-state index contributed by atoms with van der Waals surface area (Å²) in [6.07, 6.45) is 6.83. The third-order valence-corrected chi connectivity index (χ3v) is 5.20. The smallest absolute Gasteiger partial charge is 0.339 e. The Morgan fingerprint density at radius 2 is 1.57 bits per heavy atom. The van der Waals surface area contributed by atoms with Crippen molar-refractivity contribution >= 4 is 5.97 Å². The Labute approximate surface area is 177 Å². The lowest BCUT2D eigenvalue weighted by molar-refractivity contribution is 0.0693. The van der Waals surface area contributed by atoms with E-state index in [0.717, 1.165) is 56.1 Å². The number of aromatic carboxylic acids is 1. The first kappa shape index (κ1) is 23.4. The molecule has 0 spiro atoms. The maximum atomic E-state index is 10.9. The van der Waals surface area contributed by atoms with E-state index in [4.69, 9.17) is 9.84 Å². The first-order chi connectivity index (χ1) is 14.3. The second-order valence-electron chi connectivity index (χ2n) is 7.87. The summed E-state index contributed by atoms with van der Waals surface area (Å²) in [4.78, 5) is 10.9. The number of carboxylic acid groups (broad SMARTS) is 1. The fraction of sp³-hybridized carbons (Fsp3) is 0.458. The second-order valence-corrected chi connectivity index (χ2v) is 7.87. The number of phenolic OH excluding ortho intramolecular Hbond substituents is 2. The van der Waals surface area contributed by atoms with Crippen LogP contribution in [0.4, 0.5) is 0 Å². The van der Waals surface area contributed by atoms with Crippen molar-refractivity contribution in [1.29, 1.82) is 0 Å². The van der Waals surface area contributed by atoms with Crippen LogP contribution < -0.4 is 4.74 Å². The first-order valence-electron chi connectivity index (χ1n) is 10.5. The van der Waals surface area contributed by atoms with Gasteiger partial charge in [0.15, 0.2) is 11.5 Å². The molecule has 0 fully saturated rings. The minimum absolute atomic E-state index is 0.00780. The maximum Gasteiger partial charge on any atom is 0.339 e. The molecule has 6 heteroatoms. The third-order valence-electron chi connectivity index (χ3n) is 5.20. The van der Waals surface area contributed by atoms with Crippen LogP contribution in [0.3, 0.4) is 0 Å². The molecule has 0 unspecified atom stereocenters. The minimum atomic E-state index is -1.17. The average Bonchev–Trinajstić information content (AvgIpc) is 2.69. The summed E-state index contributed by atoms with van der Waals surface area (Å²) in [5, 5.41) is 38.8. The van der Waals surface area contributed by atoms with Gasteiger partial charge in [0.25, 0.3) is 0 Å². The molecule has 0 amide bonds. The van der Waals surface area contributed by atoms with Crippen molar-refractivity contribution < 1.29 is 30.0 Å². The molecule has 2 rings (SSSR count). The summed E-state index contributed by atoms with van der Waals surface area (Å²) in [7, 11) is 0. The molecule has 0 bridgehead atoms. The summed E-state index contributed by atoms with van der Waals surface area (Å²) in [5.41, 5.74) is 1.43. The van der Waals surface area contributed by atoms with Gasteiger partial charge in [-0.25, -0.2) is 4.79 Å². The number of ether oxygens (including phenoxy) is 1. The van der Waals surface area contributed by atoms with Crippen LogP contribution in [0.5, 0.6) is 23.0 Å². The molecule has 0 aliphatic heterocycles. The molecule has 164 valence electrons. The van der Waals surface area contributed by atoms with Crippen LogP contribution in [0.15, 0.2) is 30.3 Å². The van der Waals surface area contributed by atoms with Crippen molar-refractivity contribution in [3.8, 4) is 23.0 Å². The summed E-state index contributed by atoms with van der Waals surface area (Å²) < 4.78 is 5.55. The Morgan fingerprint density at radius 3 is 2.20 bits per heavy atom. The number of hydrogen-bond acceptors (Lipinski definition) is 5. The predicted octanol–water partition coefficient (Wildman–Crippen LogP) is 5.59. The molecule has 0 atom stereocenters. The molecule has 0 aliphatic rings. The molecule has 30 heavy (non-hydrogen) atoms. The molecular formula is C24H32O6. The van der Waals surface area contributed by atoms with Crippen LogP contribution in [-0.4, -0.2) is 33.0 Å². The molecule has 6 nitrogen and oxygen atoms in total. The second kappa shape index (κ2) is 11.3. The van der Waals surface area contributed by atoms with E-state index in [1.165, 1.54) is 12.1 Å². The highest BCUT2D eigenvalue weighted by molar-refractivity contribution is 5.90. The first-order valence-corrected chi connectivity index (χ1v) is 10.5. The van der Waals surface area contributed by atoms with Crippen LogP contribution in [0.25, 0.3) is 0 Å². The van der Waals surface area contributed by atoms with Gasteiger partial charge in [-0.3, -0.25) is 0 Å². The summed E-state index contributed by atoms with van der Waals surface area (Å²) >= 11 is 0. The fourth-order valence-electron chi connectivity index (χ4n) is 3.40. The van der Waals surface area contributed by atoms with Crippen molar-refractivity contribution in [1.82, 2.24) is 0 Å². The Bertz CT molecular complexity index is 844. The van der Waals surface area contributed by atoms with E-state index < -0.39 is 5.97 Å². The van der Waals surface area contributed by atoms with E-state index in [9.17, 15) is 20.1 Å². The van der Waals surface area contributed by atoms with Gasteiger partial charge in [-0.1, -0.05) is 51.7 Å². The lowest BCUT2D eigenvalue weighted by Gasteiger charge is -2.13. The zero-order valence-corrected chi connectivity index (χ0v) is 17.7. The molecule has 0 aromatic heterocycles. The van der Waals surface area contributed by atoms with E-state index >= 15 is 0 Å². The maximum absolute atomic E-state index is 10.9. The van der Waals surface area contributed by atoms with Crippen LogP contribution in [-0.2, 0) is 6.42 Å². The van der Waals surface area contributed by atoms with E-state index in [-0.39, 0.29) is 28.7 Å². The average molecular weight is 417 g/mol. The van der Waals surface area contributed by atoms with Gasteiger partial charge in [-0.05, 0) is 42.9 Å². The van der Waals surface area contributed by atoms with E-state index in [2.05, 4.69) is 0 Å². The van der Waals surface area contributed by atoms with E-state index in [0.29, 0.717) is 12.4 Å². The number of benzene rings is 2. The minimum Gasteiger partial charge on any atom is -0.507 e. The zero-order valence-electron chi connectivity index (χ0n) is 17.7. The van der Waals surface area contributed by atoms with Crippen LogP contribution in [0.1, 0.15) is 79.8 Å². The van der Waals surface area contributed by atoms with Crippen LogP contribution in [0.2, 0.25) is 0 Å². The monoisotopic (exact) mass is 416 g/mol. The molecule has 2 aromatic carbocycles. The predicted molar refractivity (Wildman–Crippen MR) is 116 cm³/mol.